The molecule has 1 aliphatic carbocycles. The maximum Gasteiger partial charge on any atom is 0.261 e. The van der Waals surface area contributed by atoms with E-state index in [1.807, 2.05) is 38.1 Å². The molecule has 1 fully saturated rings. The summed E-state index contributed by atoms with van der Waals surface area (Å²) >= 11 is 1.47. The van der Waals surface area contributed by atoms with Crippen LogP contribution in [0.15, 0.2) is 36.4 Å². The van der Waals surface area contributed by atoms with Gasteiger partial charge in [0.05, 0.1) is 17.7 Å². The smallest absolute Gasteiger partial charge is 0.261 e. The third kappa shape index (κ3) is 3.41. The SMILES string of the molecule is COc1ccc2cc(CNC(=O)c3sc4nc(C5CC5)nc(C)c4c3C)ccc2c1. The van der Waals surface area contributed by atoms with Gasteiger partial charge < -0.3 is 10.1 Å². The topological polar surface area (TPSA) is 64.1 Å². The summed E-state index contributed by atoms with van der Waals surface area (Å²) in [5, 5.41) is 6.33. The highest BCUT2D eigenvalue weighted by atomic mass is 32.1. The molecular formula is C24H23N3O2S. The fourth-order valence-electron chi connectivity index (χ4n) is 3.87. The molecule has 0 radical (unpaired) electrons. The Hall–Kier alpha value is -2.99. The van der Waals surface area contributed by atoms with Crippen molar-refractivity contribution in [3.05, 3.63) is 63.9 Å². The van der Waals surface area contributed by atoms with Crippen LogP contribution in [0.25, 0.3) is 21.0 Å². The van der Waals surface area contributed by atoms with E-state index in [0.717, 1.165) is 54.3 Å². The van der Waals surface area contributed by atoms with Crippen molar-refractivity contribution in [2.45, 2.75) is 39.2 Å². The van der Waals surface area contributed by atoms with Crippen molar-refractivity contribution >= 4 is 38.2 Å². The maximum atomic E-state index is 12.9. The molecule has 152 valence electrons. The molecule has 30 heavy (non-hydrogen) atoms. The number of amides is 1. The van der Waals surface area contributed by atoms with Crippen LogP contribution in [0.1, 0.15) is 51.1 Å². The Balaban J connectivity index is 1.37. The van der Waals surface area contributed by atoms with Gasteiger partial charge in [0.25, 0.3) is 5.91 Å². The van der Waals surface area contributed by atoms with Crippen molar-refractivity contribution in [2.75, 3.05) is 7.11 Å². The summed E-state index contributed by atoms with van der Waals surface area (Å²) in [5.41, 5.74) is 3.00. The molecule has 4 aromatic rings. The van der Waals surface area contributed by atoms with Crippen molar-refractivity contribution < 1.29 is 9.53 Å². The predicted octanol–water partition coefficient (Wildman–Crippen LogP) is 5.28. The lowest BCUT2D eigenvalue weighted by atomic mass is 10.1. The Morgan fingerprint density at radius 1 is 1.13 bits per heavy atom. The number of fused-ring (bicyclic) bond motifs is 2. The van der Waals surface area contributed by atoms with Gasteiger partial charge in [0, 0.05) is 17.8 Å². The molecule has 2 aromatic carbocycles. The normalized spacial score (nSPS) is 13.7. The number of carbonyl (C=O) groups excluding carboxylic acids is 1. The molecule has 6 heteroatoms. The zero-order valence-corrected chi connectivity index (χ0v) is 18.1. The number of rotatable bonds is 5. The summed E-state index contributed by atoms with van der Waals surface area (Å²) in [6, 6.07) is 12.2. The van der Waals surface area contributed by atoms with Gasteiger partial charge in [-0.15, -0.1) is 11.3 Å². The number of nitrogens with zero attached hydrogens (tertiary/aromatic N) is 2. The number of hydrogen-bond donors (Lipinski definition) is 1. The number of methoxy groups -OCH3 is 1. The number of hydrogen-bond acceptors (Lipinski definition) is 5. The zero-order valence-electron chi connectivity index (χ0n) is 17.3. The monoisotopic (exact) mass is 417 g/mol. The van der Waals surface area contributed by atoms with E-state index in [9.17, 15) is 4.79 Å². The number of aryl methyl sites for hydroxylation is 2. The first-order chi connectivity index (χ1) is 14.5. The Labute approximate surface area is 179 Å². The van der Waals surface area contributed by atoms with Crippen LogP contribution in [-0.4, -0.2) is 23.0 Å². The van der Waals surface area contributed by atoms with E-state index >= 15 is 0 Å². The Morgan fingerprint density at radius 3 is 2.67 bits per heavy atom. The van der Waals surface area contributed by atoms with Crippen LogP contribution in [0.3, 0.4) is 0 Å². The first-order valence-electron chi connectivity index (χ1n) is 10.2. The molecule has 0 atom stereocenters. The summed E-state index contributed by atoms with van der Waals surface area (Å²) in [6.07, 6.45) is 2.34. The van der Waals surface area contributed by atoms with Crippen molar-refractivity contribution in [3.8, 4) is 5.75 Å². The van der Waals surface area contributed by atoms with Gasteiger partial charge in [-0.25, -0.2) is 9.97 Å². The molecule has 1 aliphatic rings. The molecule has 2 aromatic heterocycles. The summed E-state index contributed by atoms with van der Waals surface area (Å²) in [4.78, 5) is 24.0. The first-order valence-corrected chi connectivity index (χ1v) is 11.0. The second-order valence-electron chi connectivity index (χ2n) is 7.91. The van der Waals surface area contributed by atoms with Crippen LogP contribution in [0, 0.1) is 13.8 Å². The van der Waals surface area contributed by atoms with Gasteiger partial charge in [0.15, 0.2) is 0 Å². The van der Waals surface area contributed by atoms with E-state index in [2.05, 4.69) is 22.4 Å². The number of benzene rings is 2. The first kappa shape index (κ1) is 19.0. The van der Waals surface area contributed by atoms with Crippen LogP contribution >= 0.6 is 11.3 Å². The molecule has 0 unspecified atom stereocenters. The Morgan fingerprint density at radius 2 is 1.90 bits per heavy atom. The lowest BCUT2D eigenvalue weighted by Crippen LogP contribution is -2.22. The fourth-order valence-corrected chi connectivity index (χ4v) is 5.03. The standard InChI is InChI=1S/C24H23N3O2S/c1-13-20-14(2)26-22(16-6-7-16)27-24(20)30-21(13)23(28)25-12-15-4-5-18-11-19(29-3)9-8-17(18)10-15/h4-5,8-11,16H,6-7,12H2,1-3H3,(H,25,28). The molecule has 0 spiro atoms. The van der Waals surface area contributed by atoms with Crippen LogP contribution in [0.5, 0.6) is 5.75 Å². The van der Waals surface area contributed by atoms with Gasteiger partial charge >= 0.3 is 0 Å². The highest BCUT2D eigenvalue weighted by molar-refractivity contribution is 7.20. The van der Waals surface area contributed by atoms with Crippen molar-refractivity contribution in [1.29, 1.82) is 0 Å². The van der Waals surface area contributed by atoms with Crippen molar-refractivity contribution in [1.82, 2.24) is 15.3 Å². The van der Waals surface area contributed by atoms with Crippen molar-refractivity contribution in [3.63, 3.8) is 0 Å². The Kier molecular flexibility index (Phi) is 4.66. The second-order valence-corrected chi connectivity index (χ2v) is 8.91. The number of thiophene rings is 1. The average Bonchev–Trinajstić information content (AvgIpc) is 3.55. The molecule has 1 saturated carbocycles. The minimum absolute atomic E-state index is 0.0577. The van der Waals surface area contributed by atoms with Crippen molar-refractivity contribution in [2.24, 2.45) is 0 Å². The van der Waals surface area contributed by atoms with E-state index in [4.69, 9.17) is 9.72 Å². The molecule has 0 aliphatic heterocycles. The molecule has 0 saturated heterocycles. The molecule has 0 bridgehead atoms. The van der Waals surface area contributed by atoms with E-state index < -0.39 is 0 Å². The summed E-state index contributed by atoms with van der Waals surface area (Å²) in [5.74, 6) is 2.21. The van der Waals surface area contributed by atoms with Gasteiger partial charge in [-0.1, -0.05) is 18.2 Å². The van der Waals surface area contributed by atoms with E-state index in [0.29, 0.717) is 12.5 Å². The number of aromatic nitrogens is 2. The number of ether oxygens (including phenoxy) is 1. The van der Waals surface area contributed by atoms with E-state index in [1.165, 1.54) is 24.2 Å². The number of nitrogens with one attached hydrogen (secondary N) is 1. The predicted molar refractivity (Wildman–Crippen MR) is 121 cm³/mol. The van der Waals surface area contributed by atoms with Gasteiger partial charge in [-0.3, -0.25) is 4.79 Å². The van der Waals surface area contributed by atoms with Crippen LogP contribution in [0.2, 0.25) is 0 Å². The summed E-state index contributed by atoms with van der Waals surface area (Å²) < 4.78 is 5.28. The van der Waals surface area contributed by atoms with Crippen LogP contribution in [-0.2, 0) is 6.54 Å². The summed E-state index contributed by atoms with van der Waals surface area (Å²) in [6.45, 7) is 4.48. The Bertz CT molecular complexity index is 1290. The third-order valence-electron chi connectivity index (χ3n) is 5.70. The minimum Gasteiger partial charge on any atom is -0.497 e. The third-order valence-corrected chi connectivity index (χ3v) is 6.89. The largest absolute Gasteiger partial charge is 0.497 e. The van der Waals surface area contributed by atoms with Crippen LogP contribution in [0.4, 0.5) is 0 Å². The lowest BCUT2D eigenvalue weighted by molar-refractivity contribution is 0.0954. The molecular weight excluding hydrogens is 394 g/mol. The average molecular weight is 418 g/mol. The highest BCUT2D eigenvalue weighted by Gasteiger charge is 2.28. The fraction of sp³-hybridized carbons (Fsp3) is 0.292. The van der Waals surface area contributed by atoms with E-state index in [-0.39, 0.29) is 5.91 Å². The van der Waals surface area contributed by atoms with E-state index in [1.54, 1.807) is 7.11 Å². The van der Waals surface area contributed by atoms with Gasteiger partial charge in [-0.05, 0) is 66.8 Å². The zero-order chi connectivity index (χ0) is 20.8. The molecule has 2 heterocycles. The highest BCUT2D eigenvalue weighted by Crippen LogP contribution is 2.40. The molecule has 1 amide bonds. The van der Waals surface area contributed by atoms with Gasteiger partial charge in [0.1, 0.15) is 16.4 Å². The second kappa shape index (κ2) is 7.36. The van der Waals surface area contributed by atoms with Crippen LogP contribution < -0.4 is 10.1 Å². The molecule has 5 rings (SSSR count). The molecule has 1 N–H and O–H groups in total. The maximum absolute atomic E-state index is 12.9. The molecule has 5 nitrogen and oxygen atoms in total. The van der Waals surface area contributed by atoms with Gasteiger partial charge in [-0.2, -0.15) is 0 Å². The van der Waals surface area contributed by atoms with Gasteiger partial charge in [0.2, 0.25) is 0 Å². The number of carbonyl (C=O) groups is 1. The minimum atomic E-state index is -0.0577. The quantitative estimate of drug-likeness (QED) is 0.480. The lowest BCUT2D eigenvalue weighted by Gasteiger charge is -2.07. The summed E-state index contributed by atoms with van der Waals surface area (Å²) in [7, 11) is 1.67.